The predicted molar refractivity (Wildman–Crippen MR) is 153 cm³/mol. The number of para-hydroxylation sites is 1. The summed E-state index contributed by atoms with van der Waals surface area (Å²) in [6.07, 6.45) is 5.57. The number of carboxylic acids is 1. The van der Waals surface area contributed by atoms with Gasteiger partial charge in [0.1, 0.15) is 11.5 Å². The summed E-state index contributed by atoms with van der Waals surface area (Å²) < 4.78 is 1.24. The van der Waals surface area contributed by atoms with Gasteiger partial charge in [-0.3, -0.25) is 9.59 Å². The van der Waals surface area contributed by atoms with E-state index in [1.54, 1.807) is 18.9 Å². The average Bonchev–Trinajstić information content (AvgIpc) is 3.03. The number of likely N-dealkylation sites (N-methyl/N-ethyl adjacent to an activating group) is 1. The van der Waals surface area contributed by atoms with Crippen molar-refractivity contribution in [3.63, 3.8) is 0 Å². The van der Waals surface area contributed by atoms with Gasteiger partial charge in [-0.15, -0.1) is 0 Å². The fourth-order valence-electron chi connectivity index (χ4n) is 6.43. The van der Waals surface area contributed by atoms with Gasteiger partial charge in [-0.05, 0) is 110 Å². The van der Waals surface area contributed by atoms with Crippen molar-refractivity contribution < 1.29 is 14.7 Å². The van der Waals surface area contributed by atoms with Crippen LogP contribution in [0, 0.1) is 19.4 Å². The number of hydrogen-bond acceptors (Lipinski definition) is 3. The van der Waals surface area contributed by atoms with E-state index in [2.05, 4.69) is 64.3 Å². The summed E-state index contributed by atoms with van der Waals surface area (Å²) in [4.78, 5) is 28.5. The van der Waals surface area contributed by atoms with Gasteiger partial charge >= 0.3 is 5.97 Å². The molecule has 0 saturated carbocycles. The smallest absolute Gasteiger partial charge is 0.316 e. The van der Waals surface area contributed by atoms with Crippen LogP contribution in [0.4, 0.5) is 5.69 Å². The molecule has 1 heterocycles. The summed E-state index contributed by atoms with van der Waals surface area (Å²) >= 11 is 2.39. The van der Waals surface area contributed by atoms with Gasteiger partial charge in [-0.2, -0.15) is 0 Å². The number of nitrogens with zero attached hydrogens (tertiary/aromatic N) is 1. The summed E-state index contributed by atoms with van der Waals surface area (Å²) in [5.41, 5.74) is 3.77. The first-order valence-electron chi connectivity index (χ1n) is 12.8. The van der Waals surface area contributed by atoms with Crippen LogP contribution in [0.5, 0.6) is 0 Å². The van der Waals surface area contributed by atoms with E-state index in [0.29, 0.717) is 13.0 Å². The lowest BCUT2D eigenvalue weighted by Crippen LogP contribution is -2.54. The van der Waals surface area contributed by atoms with Crippen LogP contribution >= 0.6 is 22.6 Å². The highest BCUT2D eigenvalue weighted by Gasteiger charge is 2.51. The molecule has 37 heavy (non-hydrogen) atoms. The number of carbonyl (C=O) groups is 2. The monoisotopic (exact) mass is 604 g/mol. The van der Waals surface area contributed by atoms with Gasteiger partial charge in [0.25, 0.3) is 0 Å². The second-order valence-electron chi connectivity index (χ2n) is 10.5. The summed E-state index contributed by atoms with van der Waals surface area (Å²) in [5, 5.41) is 18.9. The Balaban J connectivity index is 1.61. The van der Waals surface area contributed by atoms with E-state index < -0.39 is 17.4 Å². The van der Waals surface area contributed by atoms with Gasteiger partial charge in [0.05, 0.1) is 0 Å². The molecule has 6 heteroatoms. The Labute approximate surface area is 229 Å². The van der Waals surface area contributed by atoms with E-state index in [0.717, 1.165) is 41.3 Å². The number of fused-ring (bicyclic) bond motifs is 5. The second kappa shape index (κ2) is 9.01. The molecule has 5 nitrogen and oxygen atoms in total. The first-order chi connectivity index (χ1) is 17.8. The molecule has 3 aromatic carbocycles. The number of halogens is 1. The maximum absolute atomic E-state index is 13.7. The van der Waals surface area contributed by atoms with E-state index in [9.17, 15) is 14.7 Å². The Morgan fingerprint density at radius 2 is 1.81 bits per heavy atom. The quantitative estimate of drug-likeness (QED) is 0.445. The lowest BCUT2D eigenvalue weighted by Gasteiger charge is -2.38. The number of carboxylic acid groups (broad SMARTS) is 1. The van der Waals surface area contributed by atoms with Crippen LogP contribution in [0.25, 0.3) is 11.6 Å². The van der Waals surface area contributed by atoms with Crippen molar-refractivity contribution >= 4 is 51.8 Å². The Morgan fingerprint density at radius 1 is 1.03 bits per heavy atom. The average molecular weight is 604 g/mol. The second-order valence-corrected chi connectivity index (χ2v) is 11.7. The molecular formula is C31H29IN2O3. The molecular weight excluding hydrogens is 575 g/mol. The van der Waals surface area contributed by atoms with E-state index in [1.165, 1.54) is 30.4 Å². The summed E-state index contributed by atoms with van der Waals surface area (Å²) in [5.74, 6) is -1.17. The Bertz CT molecular complexity index is 1700. The highest BCUT2D eigenvalue weighted by atomic mass is 127. The molecule has 0 fully saturated rings. The highest BCUT2D eigenvalue weighted by molar-refractivity contribution is 14.1. The number of anilines is 1. The number of amides is 1. The van der Waals surface area contributed by atoms with Crippen LogP contribution in [0.3, 0.4) is 0 Å². The molecule has 0 aromatic heterocycles. The molecule has 2 aliphatic carbocycles. The van der Waals surface area contributed by atoms with Crippen molar-refractivity contribution in [3.05, 3.63) is 95.7 Å². The van der Waals surface area contributed by atoms with Crippen LogP contribution in [0.1, 0.15) is 36.5 Å². The zero-order chi connectivity index (χ0) is 25.9. The first-order valence-corrected chi connectivity index (χ1v) is 13.8. The van der Waals surface area contributed by atoms with E-state index in [-0.39, 0.29) is 5.91 Å². The number of benzene rings is 3. The van der Waals surface area contributed by atoms with Crippen molar-refractivity contribution in [2.24, 2.45) is 5.41 Å². The Kier molecular flexibility index (Phi) is 5.90. The molecule has 3 aromatic rings. The first kappa shape index (κ1) is 24.2. The summed E-state index contributed by atoms with van der Waals surface area (Å²) in [7, 11) is 1.76. The van der Waals surface area contributed by atoms with Gasteiger partial charge < -0.3 is 15.3 Å². The standard InChI is InChI=1S/C31H29IN2O3/c1-31(30(36)37,28-29(35)34(2)17-18-7-3-4-12-27(18)33-28)25-10-5-8-19-21-14-16-24-20(9-6-11-26(24)32)22(21)13-15-23(19)25/h3-4,6-7,9,11-13,15-16,28,33H,5,8,10,14,17H2,1-2H3,(H,36,37)/t28-,31+/m0/s1. The minimum atomic E-state index is -1.40. The number of aliphatic carboxylic acids is 1. The fraction of sp³-hybridized carbons (Fsp3) is 0.290. The molecule has 0 radical (unpaired) electrons. The number of rotatable bonds is 3. The van der Waals surface area contributed by atoms with Crippen molar-refractivity contribution in [2.45, 2.75) is 45.2 Å². The van der Waals surface area contributed by atoms with Gasteiger partial charge in [0.2, 0.25) is 5.91 Å². The number of carbonyl (C=O) groups excluding carboxylic acids is 1. The van der Waals surface area contributed by atoms with E-state index in [1.807, 2.05) is 24.3 Å². The third-order valence-electron chi connectivity index (χ3n) is 8.46. The SMILES string of the molecule is CN1Cc2ccccc2N[C@H]([C@](C)(C(=O)O)C2=c3ccc4c(c3CCC2)CC=c2c(I)cccc2=4)C1=O. The normalized spacial score (nSPS) is 19.8. The van der Waals surface area contributed by atoms with Crippen molar-refractivity contribution in [1.29, 1.82) is 0 Å². The molecule has 2 atom stereocenters. The molecule has 6 rings (SSSR count). The molecule has 1 aliphatic heterocycles. The molecule has 188 valence electrons. The lowest BCUT2D eigenvalue weighted by molar-refractivity contribution is -0.149. The van der Waals surface area contributed by atoms with E-state index >= 15 is 0 Å². The minimum Gasteiger partial charge on any atom is -0.481 e. The summed E-state index contributed by atoms with van der Waals surface area (Å²) in [6, 6.07) is 17.5. The molecule has 0 spiro atoms. The van der Waals surface area contributed by atoms with Gasteiger partial charge in [0, 0.05) is 22.8 Å². The molecule has 1 amide bonds. The highest BCUT2D eigenvalue weighted by Crippen LogP contribution is 2.41. The molecule has 2 N–H and O–H groups in total. The fourth-order valence-corrected chi connectivity index (χ4v) is 7.15. The number of nitrogens with one attached hydrogen (secondary N) is 1. The van der Waals surface area contributed by atoms with Crippen molar-refractivity contribution in [2.75, 3.05) is 12.4 Å². The maximum atomic E-state index is 13.7. The van der Waals surface area contributed by atoms with Crippen LogP contribution in [-0.4, -0.2) is 35.0 Å². The zero-order valence-corrected chi connectivity index (χ0v) is 23.1. The topological polar surface area (TPSA) is 69.6 Å². The molecule has 0 bridgehead atoms. The Hall–Kier alpha value is -3.13. The zero-order valence-electron chi connectivity index (χ0n) is 21.0. The lowest BCUT2D eigenvalue weighted by atomic mass is 9.69. The van der Waals surface area contributed by atoms with Crippen molar-refractivity contribution in [3.8, 4) is 0 Å². The minimum absolute atomic E-state index is 0.199. The molecule has 3 aliphatic rings. The third kappa shape index (κ3) is 3.71. The van der Waals surface area contributed by atoms with Crippen LogP contribution in [0.2, 0.25) is 0 Å². The predicted octanol–water partition coefficient (Wildman–Crippen LogP) is 3.95. The van der Waals surface area contributed by atoms with Crippen molar-refractivity contribution in [1.82, 2.24) is 4.90 Å². The molecule has 0 saturated heterocycles. The van der Waals surface area contributed by atoms with Crippen LogP contribution in [-0.2, 0) is 29.0 Å². The Morgan fingerprint density at radius 3 is 2.62 bits per heavy atom. The van der Waals surface area contributed by atoms with E-state index in [4.69, 9.17) is 0 Å². The van der Waals surface area contributed by atoms with Crippen LogP contribution < -0.4 is 15.8 Å². The van der Waals surface area contributed by atoms with Gasteiger partial charge in [-0.25, -0.2) is 0 Å². The molecule has 0 unspecified atom stereocenters. The van der Waals surface area contributed by atoms with Gasteiger partial charge in [0.15, 0.2) is 0 Å². The number of hydrogen-bond donors (Lipinski definition) is 2. The van der Waals surface area contributed by atoms with Crippen LogP contribution in [0.15, 0.2) is 54.6 Å². The summed E-state index contributed by atoms with van der Waals surface area (Å²) in [6.45, 7) is 2.18. The third-order valence-corrected chi connectivity index (χ3v) is 9.40. The maximum Gasteiger partial charge on any atom is 0.316 e. The van der Waals surface area contributed by atoms with Gasteiger partial charge in [-0.1, -0.05) is 48.5 Å². The largest absolute Gasteiger partial charge is 0.481 e.